The highest BCUT2D eigenvalue weighted by atomic mass is 16.3. The van der Waals surface area contributed by atoms with Gasteiger partial charge >= 0.3 is 0 Å². The molecule has 9 nitrogen and oxygen atoms in total. The molecule has 0 amide bonds. The van der Waals surface area contributed by atoms with Crippen LogP contribution >= 0.6 is 0 Å². The maximum Gasteiger partial charge on any atom is 0.229 e. The summed E-state index contributed by atoms with van der Waals surface area (Å²) in [7, 11) is 0. The molecule has 0 saturated heterocycles. The molecule has 0 spiro atoms. The van der Waals surface area contributed by atoms with E-state index in [2.05, 4.69) is 4.99 Å². The van der Waals surface area contributed by atoms with Gasteiger partial charge in [0.15, 0.2) is 22.4 Å². The molecule has 0 aliphatic heterocycles. The van der Waals surface area contributed by atoms with Gasteiger partial charge in [0, 0.05) is 79.7 Å². The summed E-state index contributed by atoms with van der Waals surface area (Å²) in [6, 6.07) is 0.857. The van der Waals surface area contributed by atoms with E-state index in [9.17, 15) is 39.6 Å². The van der Waals surface area contributed by atoms with Crippen molar-refractivity contribution in [1.82, 2.24) is 0 Å². The molecule has 0 saturated carbocycles. The van der Waals surface area contributed by atoms with Crippen LogP contribution in [0.1, 0.15) is 87.1 Å². The Morgan fingerprint density at radius 1 is 0.714 bits per heavy atom. The summed E-state index contributed by atoms with van der Waals surface area (Å²) >= 11 is 0. The van der Waals surface area contributed by atoms with E-state index < -0.39 is 50.8 Å². The summed E-state index contributed by atoms with van der Waals surface area (Å²) in [5, 5.41) is 45.4. The fraction of sp³-hybridized carbons (Fsp3) is 0.364. The molecule has 220 valence electrons. The molecule has 4 N–H and O–H groups in total. The van der Waals surface area contributed by atoms with Crippen molar-refractivity contribution in [3.63, 3.8) is 0 Å². The smallest absolute Gasteiger partial charge is 0.229 e. The minimum atomic E-state index is -0.924. The van der Waals surface area contributed by atoms with Crippen molar-refractivity contribution in [3.05, 3.63) is 74.8 Å². The number of aliphatic imine (C=N–C) groups is 1. The highest BCUT2D eigenvalue weighted by Gasteiger charge is 2.32. The molecule has 2 aromatic rings. The highest BCUT2D eigenvalue weighted by molar-refractivity contribution is 6.14. The number of nitrogens with zero attached hydrogens (tertiary/aromatic N) is 1. The zero-order valence-electron chi connectivity index (χ0n) is 24.8. The monoisotopic (exact) mass is 573 g/mol. The second kappa shape index (κ2) is 11.0. The quantitative estimate of drug-likeness (QED) is 0.0803. The summed E-state index contributed by atoms with van der Waals surface area (Å²) < 4.78 is 0. The van der Waals surface area contributed by atoms with Crippen LogP contribution < -0.4 is 21.7 Å². The van der Waals surface area contributed by atoms with Gasteiger partial charge in [0.05, 0.1) is 0 Å². The first kappa shape index (κ1) is 30.4. The SMILES string of the molecule is CCCCN=Cc1c(O)c(O)c(C(C)C)c2c(O)c(C)c(-c3c(C)c(=O)c4c(C(C)C)c(=O)c(=O)cc-4c3=O)c(O)c12. The lowest BCUT2D eigenvalue weighted by atomic mass is 9.82. The fourth-order valence-corrected chi connectivity index (χ4v) is 5.80. The van der Waals surface area contributed by atoms with Gasteiger partial charge in [0.2, 0.25) is 10.9 Å². The summed E-state index contributed by atoms with van der Waals surface area (Å²) in [5.41, 5.74) is -3.88. The number of unbranched alkanes of at least 4 members (excludes halogenated alkanes) is 1. The van der Waals surface area contributed by atoms with E-state index >= 15 is 0 Å². The average Bonchev–Trinajstić information content (AvgIpc) is 2.92. The Balaban J connectivity index is 2.29. The lowest BCUT2D eigenvalue weighted by Crippen LogP contribution is -2.35. The number of phenolic OH excluding ortho intramolecular Hbond substituents is 4. The molecule has 0 radical (unpaired) electrons. The van der Waals surface area contributed by atoms with Crippen LogP contribution in [0.5, 0.6) is 23.0 Å². The minimum absolute atomic E-state index is 0.0379. The van der Waals surface area contributed by atoms with Crippen molar-refractivity contribution in [2.75, 3.05) is 6.54 Å². The Morgan fingerprint density at radius 2 is 1.33 bits per heavy atom. The van der Waals surface area contributed by atoms with Gasteiger partial charge in [-0.3, -0.25) is 24.2 Å². The maximum absolute atomic E-state index is 14.0. The number of benzene rings is 4. The number of rotatable bonds is 7. The van der Waals surface area contributed by atoms with Crippen molar-refractivity contribution in [2.24, 2.45) is 4.99 Å². The van der Waals surface area contributed by atoms with Crippen molar-refractivity contribution >= 4 is 17.0 Å². The van der Waals surface area contributed by atoms with Gasteiger partial charge in [-0.05, 0) is 32.1 Å². The Hall–Kier alpha value is -4.53. The predicted octanol–water partition coefficient (Wildman–Crippen LogP) is 4.83. The molecule has 0 fully saturated rings. The number of hydrogen-bond donors (Lipinski definition) is 4. The zero-order valence-corrected chi connectivity index (χ0v) is 24.8. The van der Waals surface area contributed by atoms with E-state index in [0.717, 1.165) is 18.9 Å². The van der Waals surface area contributed by atoms with Crippen LogP contribution in [-0.2, 0) is 0 Å². The lowest BCUT2D eigenvalue weighted by molar-refractivity contribution is 0.397. The summed E-state index contributed by atoms with van der Waals surface area (Å²) in [5.74, 6) is -2.82. The number of aromatic hydroxyl groups is 4. The van der Waals surface area contributed by atoms with E-state index in [1.54, 1.807) is 27.7 Å². The van der Waals surface area contributed by atoms with Crippen LogP contribution in [0.25, 0.3) is 33.0 Å². The van der Waals surface area contributed by atoms with Crippen molar-refractivity contribution in [1.29, 1.82) is 0 Å². The van der Waals surface area contributed by atoms with Crippen LogP contribution in [0, 0.1) is 13.8 Å². The third kappa shape index (κ3) is 4.44. The molecule has 0 unspecified atom stereocenters. The topological polar surface area (TPSA) is 162 Å². The molecule has 2 aliphatic carbocycles. The van der Waals surface area contributed by atoms with Gasteiger partial charge in [-0.1, -0.05) is 41.0 Å². The largest absolute Gasteiger partial charge is 0.507 e. The molecule has 9 heteroatoms. The first-order chi connectivity index (χ1) is 19.7. The minimum Gasteiger partial charge on any atom is -0.507 e. The standard InChI is InChI=1S/C33H35NO8/c1-8-9-10-34-12-18-25-26(21(14(4)5)33(42)30(18)39)28(37)16(7)23(32(25)41)22-15(6)27(36)24-17(29(22)38)11-19(35)31(40)20(24)13(2)3/h11-14,37,39,41-42H,8-10H2,1-7H3. The summed E-state index contributed by atoms with van der Waals surface area (Å²) in [4.78, 5) is 57.3. The fourth-order valence-electron chi connectivity index (χ4n) is 5.80. The van der Waals surface area contributed by atoms with Crippen molar-refractivity contribution < 1.29 is 20.4 Å². The Labute approximate surface area is 242 Å². The Bertz CT molecular complexity index is 1960. The first-order valence-electron chi connectivity index (χ1n) is 14.0. The van der Waals surface area contributed by atoms with Gasteiger partial charge in [-0.15, -0.1) is 0 Å². The van der Waals surface area contributed by atoms with Crippen molar-refractivity contribution in [3.8, 4) is 45.3 Å². The van der Waals surface area contributed by atoms with Gasteiger partial charge in [-0.2, -0.15) is 0 Å². The first-order valence-corrected chi connectivity index (χ1v) is 14.0. The summed E-state index contributed by atoms with van der Waals surface area (Å²) in [6.07, 6.45) is 2.91. The average molecular weight is 574 g/mol. The van der Waals surface area contributed by atoms with Crippen LogP contribution in [0.2, 0.25) is 0 Å². The Kier molecular flexibility index (Phi) is 8.00. The molecule has 4 rings (SSSR count). The Morgan fingerprint density at radius 3 is 1.90 bits per heavy atom. The number of hydrogen-bond acceptors (Lipinski definition) is 9. The molecular formula is C33H35NO8. The predicted molar refractivity (Wildman–Crippen MR) is 165 cm³/mol. The van der Waals surface area contributed by atoms with Gasteiger partial charge in [0.1, 0.15) is 11.5 Å². The normalized spacial score (nSPS) is 12.1. The number of fused-ring (bicyclic) bond motifs is 2. The highest BCUT2D eigenvalue weighted by Crippen LogP contribution is 2.53. The molecule has 0 atom stereocenters. The van der Waals surface area contributed by atoms with Crippen LogP contribution in [0.15, 0.2) is 30.2 Å². The van der Waals surface area contributed by atoms with E-state index in [1.165, 1.54) is 20.1 Å². The van der Waals surface area contributed by atoms with Gasteiger partial charge in [-0.25, -0.2) is 0 Å². The second-order valence-corrected chi connectivity index (χ2v) is 11.4. The molecule has 0 bridgehead atoms. The maximum atomic E-state index is 14.0. The molecular weight excluding hydrogens is 538 g/mol. The van der Waals surface area contributed by atoms with Gasteiger partial charge < -0.3 is 20.4 Å². The lowest BCUT2D eigenvalue weighted by Gasteiger charge is -2.23. The third-order valence-electron chi connectivity index (χ3n) is 7.93. The van der Waals surface area contributed by atoms with E-state index in [1.807, 2.05) is 6.92 Å². The second-order valence-electron chi connectivity index (χ2n) is 11.4. The molecule has 0 heterocycles. The van der Waals surface area contributed by atoms with Crippen LogP contribution in [0.3, 0.4) is 0 Å². The molecule has 2 aromatic carbocycles. The van der Waals surface area contributed by atoms with Crippen LogP contribution in [-0.4, -0.2) is 33.2 Å². The molecule has 42 heavy (non-hydrogen) atoms. The van der Waals surface area contributed by atoms with E-state index in [-0.39, 0.29) is 66.6 Å². The third-order valence-corrected chi connectivity index (χ3v) is 7.93. The van der Waals surface area contributed by atoms with Crippen molar-refractivity contribution in [2.45, 2.75) is 73.1 Å². The number of phenols is 4. The van der Waals surface area contributed by atoms with E-state index in [0.29, 0.717) is 6.54 Å². The molecule has 2 aliphatic rings. The van der Waals surface area contributed by atoms with Crippen LogP contribution in [0.4, 0.5) is 0 Å². The molecule has 0 aromatic heterocycles. The zero-order chi connectivity index (χ0) is 31.4. The summed E-state index contributed by atoms with van der Waals surface area (Å²) in [6.45, 7) is 12.0. The van der Waals surface area contributed by atoms with E-state index in [4.69, 9.17) is 0 Å². The van der Waals surface area contributed by atoms with Gasteiger partial charge in [0.25, 0.3) is 0 Å².